The molecule has 0 atom stereocenters. The number of nitrogens with zero attached hydrogens (tertiary/aromatic N) is 1. The number of esters is 1. The number of benzene rings is 2. The van der Waals surface area contributed by atoms with Crippen molar-refractivity contribution in [2.45, 2.75) is 19.8 Å². The Hall–Kier alpha value is -3.14. The molecule has 3 aromatic rings. The number of rotatable bonds is 7. The molecular weight excluding hydrogens is 338 g/mol. The summed E-state index contributed by atoms with van der Waals surface area (Å²) < 4.78 is 10.5. The van der Waals surface area contributed by atoms with Gasteiger partial charge in [0, 0.05) is 28.8 Å². The van der Waals surface area contributed by atoms with E-state index in [1.165, 1.54) is 6.08 Å². The fourth-order valence-corrected chi connectivity index (χ4v) is 2.85. The molecule has 0 unspecified atom stereocenters. The smallest absolute Gasteiger partial charge is 0.330 e. The summed E-state index contributed by atoms with van der Waals surface area (Å²) >= 11 is 0. The first-order valence-electron chi connectivity index (χ1n) is 9.10. The summed E-state index contributed by atoms with van der Waals surface area (Å²) in [7, 11) is 1.64. The summed E-state index contributed by atoms with van der Waals surface area (Å²) in [4.78, 5) is 16.7. The largest absolute Gasteiger partial charge is 0.497 e. The third-order valence-electron chi connectivity index (χ3n) is 4.33. The first kappa shape index (κ1) is 18.6. The molecule has 0 aliphatic heterocycles. The van der Waals surface area contributed by atoms with Gasteiger partial charge in [-0.25, -0.2) is 4.79 Å². The number of hydrogen-bond donors (Lipinski definition) is 0. The van der Waals surface area contributed by atoms with Crippen molar-refractivity contribution < 1.29 is 14.3 Å². The highest BCUT2D eigenvalue weighted by molar-refractivity contribution is 5.98. The van der Waals surface area contributed by atoms with Crippen LogP contribution < -0.4 is 4.74 Å². The highest BCUT2D eigenvalue weighted by Crippen LogP contribution is 2.30. The lowest BCUT2D eigenvalue weighted by Gasteiger charge is -2.10. The number of fused-ring (bicyclic) bond motifs is 1. The van der Waals surface area contributed by atoms with Gasteiger partial charge in [0.15, 0.2) is 0 Å². The Morgan fingerprint density at radius 1 is 1.11 bits per heavy atom. The predicted molar refractivity (Wildman–Crippen MR) is 109 cm³/mol. The minimum absolute atomic E-state index is 0.336. The Kier molecular flexibility index (Phi) is 6.21. The summed E-state index contributed by atoms with van der Waals surface area (Å²) in [6.07, 6.45) is 6.99. The molecule has 0 saturated carbocycles. The molecule has 1 aromatic heterocycles. The predicted octanol–water partition coefficient (Wildman–Crippen LogP) is 5.27. The van der Waals surface area contributed by atoms with Crippen molar-refractivity contribution in [3.63, 3.8) is 0 Å². The first-order chi connectivity index (χ1) is 13.2. The molecule has 0 bridgehead atoms. The topological polar surface area (TPSA) is 48.4 Å². The lowest BCUT2D eigenvalue weighted by Crippen LogP contribution is -2.02. The van der Waals surface area contributed by atoms with Gasteiger partial charge >= 0.3 is 5.97 Å². The molecule has 4 heteroatoms. The van der Waals surface area contributed by atoms with Crippen LogP contribution in [0.1, 0.15) is 25.3 Å². The monoisotopic (exact) mass is 361 g/mol. The van der Waals surface area contributed by atoms with Gasteiger partial charge in [-0.2, -0.15) is 0 Å². The van der Waals surface area contributed by atoms with Gasteiger partial charge < -0.3 is 9.47 Å². The molecule has 0 aliphatic rings. The Labute approximate surface area is 159 Å². The molecule has 0 fully saturated rings. The summed E-state index contributed by atoms with van der Waals surface area (Å²) in [5, 5.41) is 2.06. The van der Waals surface area contributed by atoms with Crippen molar-refractivity contribution in [1.29, 1.82) is 0 Å². The zero-order valence-electron chi connectivity index (χ0n) is 15.6. The average Bonchev–Trinajstić information content (AvgIpc) is 2.72. The lowest BCUT2D eigenvalue weighted by molar-refractivity contribution is -0.137. The number of hydrogen-bond acceptors (Lipinski definition) is 4. The van der Waals surface area contributed by atoms with E-state index < -0.39 is 0 Å². The van der Waals surface area contributed by atoms with Gasteiger partial charge in [-0.3, -0.25) is 4.98 Å². The van der Waals surface area contributed by atoms with E-state index in [2.05, 4.69) is 11.9 Å². The van der Waals surface area contributed by atoms with Gasteiger partial charge in [-0.05, 0) is 42.1 Å². The summed E-state index contributed by atoms with van der Waals surface area (Å²) in [5.74, 6) is 0.452. The molecule has 0 N–H and O–H groups in total. The van der Waals surface area contributed by atoms with Gasteiger partial charge in [0.2, 0.25) is 0 Å². The average molecular weight is 361 g/mol. The van der Waals surface area contributed by atoms with E-state index in [1.807, 2.05) is 54.7 Å². The number of carbonyl (C=O) groups excluding carboxylic acids is 1. The van der Waals surface area contributed by atoms with Crippen molar-refractivity contribution >= 4 is 22.8 Å². The third-order valence-corrected chi connectivity index (χ3v) is 4.33. The zero-order valence-corrected chi connectivity index (χ0v) is 15.6. The maximum atomic E-state index is 12.0. The second-order valence-electron chi connectivity index (χ2n) is 6.19. The summed E-state index contributed by atoms with van der Waals surface area (Å²) in [5.41, 5.74) is 2.67. The normalized spacial score (nSPS) is 11.0. The number of pyridine rings is 1. The molecule has 27 heavy (non-hydrogen) atoms. The van der Waals surface area contributed by atoms with Gasteiger partial charge in [0.05, 0.1) is 19.4 Å². The Bertz CT molecular complexity index is 945. The molecule has 0 saturated heterocycles. The molecule has 2 aromatic carbocycles. The van der Waals surface area contributed by atoms with Gasteiger partial charge in [0.1, 0.15) is 5.75 Å². The zero-order chi connectivity index (χ0) is 19.1. The Morgan fingerprint density at radius 3 is 2.63 bits per heavy atom. The van der Waals surface area contributed by atoms with E-state index >= 15 is 0 Å². The highest BCUT2D eigenvalue weighted by Gasteiger charge is 2.10. The number of ether oxygens (including phenoxy) is 2. The van der Waals surface area contributed by atoms with Crippen LogP contribution >= 0.6 is 0 Å². The minimum atomic E-state index is -0.336. The van der Waals surface area contributed by atoms with Crippen LogP contribution in [0.4, 0.5) is 0 Å². The SMILES string of the molecule is CCCCOC(=O)/C=C/c1c(-c2ccc(OC)cc2)ncc2ccccc12. The Morgan fingerprint density at radius 2 is 1.89 bits per heavy atom. The molecule has 3 rings (SSSR count). The van der Waals surface area contributed by atoms with Crippen LogP contribution in [-0.4, -0.2) is 24.7 Å². The first-order valence-corrected chi connectivity index (χ1v) is 9.10. The van der Waals surface area contributed by atoms with Crippen LogP contribution in [0.15, 0.2) is 60.8 Å². The summed E-state index contributed by atoms with van der Waals surface area (Å²) in [6, 6.07) is 15.7. The van der Waals surface area contributed by atoms with E-state index in [0.717, 1.165) is 46.2 Å². The van der Waals surface area contributed by atoms with Gasteiger partial charge in [-0.15, -0.1) is 0 Å². The van der Waals surface area contributed by atoms with Crippen molar-refractivity contribution in [3.05, 3.63) is 66.4 Å². The van der Waals surface area contributed by atoms with E-state index in [1.54, 1.807) is 13.2 Å². The Balaban J connectivity index is 2.00. The maximum absolute atomic E-state index is 12.0. The fourth-order valence-electron chi connectivity index (χ4n) is 2.85. The second-order valence-corrected chi connectivity index (χ2v) is 6.19. The molecule has 138 valence electrons. The van der Waals surface area contributed by atoms with Crippen molar-refractivity contribution in [2.75, 3.05) is 13.7 Å². The van der Waals surface area contributed by atoms with E-state index in [4.69, 9.17) is 9.47 Å². The molecule has 0 aliphatic carbocycles. The van der Waals surface area contributed by atoms with Crippen LogP contribution in [0.5, 0.6) is 5.75 Å². The van der Waals surface area contributed by atoms with Crippen LogP contribution in [0, 0.1) is 0 Å². The molecular formula is C23H23NO3. The van der Waals surface area contributed by atoms with Crippen molar-refractivity contribution in [2.24, 2.45) is 0 Å². The molecule has 4 nitrogen and oxygen atoms in total. The number of methoxy groups -OCH3 is 1. The van der Waals surface area contributed by atoms with Crippen molar-refractivity contribution in [3.8, 4) is 17.0 Å². The fraction of sp³-hybridized carbons (Fsp3) is 0.217. The van der Waals surface area contributed by atoms with Gasteiger partial charge in [0.25, 0.3) is 0 Å². The van der Waals surface area contributed by atoms with Crippen molar-refractivity contribution in [1.82, 2.24) is 4.98 Å². The molecule has 0 amide bonds. The molecule has 0 radical (unpaired) electrons. The second kappa shape index (κ2) is 8.99. The number of unbranched alkanes of at least 4 members (excludes halogenated alkanes) is 1. The van der Waals surface area contributed by atoms with Crippen LogP contribution in [0.25, 0.3) is 28.1 Å². The highest BCUT2D eigenvalue weighted by atomic mass is 16.5. The maximum Gasteiger partial charge on any atom is 0.330 e. The van der Waals surface area contributed by atoms with E-state index in [9.17, 15) is 4.79 Å². The number of aromatic nitrogens is 1. The van der Waals surface area contributed by atoms with E-state index in [0.29, 0.717) is 6.61 Å². The molecule has 1 heterocycles. The number of carbonyl (C=O) groups is 1. The summed E-state index contributed by atoms with van der Waals surface area (Å²) in [6.45, 7) is 2.51. The standard InChI is InChI=1S/C23H23NO3/c1-3-4-15-27-22(25)14-13-21-20-8-6-5-7-18(20)16-24-23(21)17-9-11-19(26-2)12-10-17/h5-14,16H,3-4,15H2,1-2H3/b14-13+. The third kappa shape index (κ3) is 4.53. The lowest BCUT2D eigenvalue weighted by atomic mass is 9.99. The minimum Gasteiger partial charge on any atom is -0.497 e. The van der Waals surface area contributed by atoms with Crippen LogP contribution in [0.2, 0.25) is 0 Å². The van der Waals surface area contributed by atoms with Crippen LogP contribution in [-0.2, 0) is 9.53 Å². The van der Waals surface area contributed by atoms with Gasteiger partial charge in [-0.1, -0.05) is 37.6 Å². The van der Waals surface area contributed by atoms with E-state index in [-0.39, 0.29) is 5.97 Å². The molecule has 0 spiro atoms. The van der Waals surface area contributed by atoms with Crippen LogP contribution in [0.3, 0.4) is 0 Å². The quantitative estimate of drug-likeness (QED) is 0.327.